The van der Waals surface area contributed by atoms with Crippen molar-refractivity contribution in [3.05, 3.63) is 0 Å². The summed E-state index contributed by atoms with van der Waals surface area (Å²) in [5.74, 6) is 0.158. The zero-order chi connectivity index (χ0) is 8.69. The van der Waals surface area contributed by atoms with Crippen LogP contribution >= 0.6 is 11.8 Å². The highest BCUT2D eigenvalue weighted by atomic mass is 32.2. The number of hydrogen-bond donors (Lipinski definition) is 1. The molecule has 0 radical (unpaired) electrons. The third-order valence-corrected chi connectivity index (χ3v) is 1.81. The fourth-order valence-corrected chi connectivity index (χ4v) is 1.04. The van der Waals surface area contributed by atoms with Gasteiger partial charge in [0.05, 0.1) is 18.5 Å². The molecule has 0 aliphatic rings. The second-order valence-electron chi connectivity index (χ2n) is 2.37. The van der Waals surface area contributed by atoms with Crippen molar-refractivity contribution in [2.45, 2.75) is 20.0 Å². The van der Waals surface area contributed by atoms with Gasteiger partial charge in [-0.25, -0.2) is 0 Å². The van der Waals surface area contributed by atoms with Crippen molar-refractivity contribution in [1.82, 2.24) is 0 Å². The largest absolute Gasteiger partial charge is 0.481 e. The molecule has 0 unspecified atom stereocenters. The lowest BCUT2D eigenvalue weighted by Crippen LogP contribution is -2.07. The SMILES string of the molecule is CC(C)OCCSCC(=O)O. The van der Waals surface area contributed by atoms with E-state index in [9.17, 15) is 4.79 Å². The van der Waals surface area contributed by atoms with Crippen molar-refractivity contribution in [2.75, 3.05) is 18.1 Å². The fraction of sp³-hybridized carbons (Fsp3) is 0.857. The van der Waals surface area contributed by atoms with E-state index in [1.807, 2.05) is 13.8 Å². The van der Waals surface area contributed by atoms with Gasteiger partial charge < -0.3 is 9.84 Å². The molecule has 0 aliphatic heterocycles. The quantitative estimate of drug-likeness (QED) is 0.621. The second-order valence-corrected chi connectivity index (χ2v) is 3.47. The number of carboxylic acid groups (broad SMARTS) is 1. The minimum absolute atomic E-state index is 0.168. The summed E-state index contributed by atoms with van der Waals surface area (Å²) in [5, 5.41) is 8.26. The average Bonchev–Trinajstić information content (AvgIpc) is 1.85. The normalized spacial score (nSPS) is 10.5. The first-order chi connectivity index (χ1) is 5.13. The summed E-state index contributed by atoms with van der Waals surface area (Å²) in [6, 6.07) is 0. The summed E-state index contributed by atoms with van der Waals surface area (Å²) in [6.07, 6.45) is 0.237. The molecule has 0 fully saturated rings. The zero-order valence-corrected chi connectivity index (χ0v) is 7.69. The van der Waals surface area contributed by atoms with Crippen molar-refractivity contribution >= 4 is 17.7 Å². The van der Waals surface area contributed by atoms with E-state index in [0.29, 0.717) is 6.61 Å². The van der Waals surface area contributed by atoms with Gasteiger partial charge in [-0.15, -0.1) is 11.8 Å². The smallest absolute Gasteiger partial charge is 0.313 e. The second kappa shape index (κ2) is 6.49. The molecule has 0 rings (SSSR count). The van der Waals surface area contributed by atoms with Crippen molar-refractivity contribution in [3.63, 3.8) is 0 Å². The monoisotopic (exact) mass is 178 g/mol. The third kappa shape index (κ3) is 9.78. The van der Waals surface area contributed by atoms with E-state index >= 15 is 0 Å². The van der Waals surface area contributed by atoms with Crippen LogP contribution in [-0.2, 0) is 9.53 Å². The van der Waals surface area contributed by atoms with E-state index in [0.717, 1.165) is 5.75 Å². The molecule has 0 aliphatic carbocycles. The Hall–Kier alpha value is -0.220. The molecule has 0 aromatic heterocycles. The lowest BCUT2D eigenvalue weighted by atomic mass is 10.5. The predicted octanol–water partition coefficient (Wildman–Crippen LogP) is 1.23. The molecule has 0 heterocycles. The topological polar surface area (TPSA) is 46.5 Å². The number of aliphatic carboxylic acids is 1. The highest BCUT2D eigenvalue weighted by Crippen LogP contribution is 1.99. The summed E-state index contributed by atoms with van der Waals surface area (Å²) in [6.45, 7) is 4.55. The van der Waals surface area contributed by atoms with Crippen molar-refractivity contribution in [2.24, 2.45) is 0 Å². The molecule has 0 aromatic rings. The number of carbonyl (C=O) groups is 1. The summed E-state index contributed by atoms with van der Waals surface area (Å²) in [5.41, 5.74) is 0. The first-order valence-electron chi connectivity index (χ1n) is 3.54. The van der Waals surface area contributed by atoms with E-state index in [4.69, 9.17) is 9.84 Å². The average molecular weight is 178 g/mol. The molecule has 0 amide bonds. The van der Waals surface area contributed by atoms with E-state index in [1.165, 1.54) is 11.8 Å². The van der Waals surface area contributed by atoms with Crippen LogP contribution in [0, 0.1) is 0 Å². The van der Waals surface area contributed by atoms with Crippen molar-refractivity contribution in [3.8, 4) is 0 Å². The van der Waals surface area contributed by atoms with Crippen LogP contribution in [0.5, 0.6) is 0 Å². The van der Waals surface area contributed by atoms with Gasteiger partial charge in [0, 0.05) is 5.75 Å². The molecule has 0 saturated carbocycles. The predicted molar refractivity (Wildman–Crippen MR) is 46.0 cm³/mol. The van der Waals surface area contributed by atoms with E-state index in [2.05, 4.69) is 0 Å². The molecule has 3 nitrogen and oxygen atoms in total. The minimum atomic E-state index is -0.764. The van der Waals surface area contributed by atoms with Crippen LogP contribution in [-0.4, -0.2) is 35.3 Å². The fourth-order valence-electron chi connectivity index (χ4n) is 0.502. The van der Waals surface area contributed by atoms with Gasteiger partial charge in [-0.1, -0.05) is 0 Å². The standard InChI is InChI=1S/C7H14O3S/c1-6(2)10-3-4-11-5-7(8)9/h6H,3-5H2,1-2H3,(H,8,9). The Kier molecular flexibility index (Phi) is 6.36. The molecule has 66 valence electrons. The molecule has 0 aromatic carbocycles. The lowest BCUT2D eigenvalue weighted by molar-refractivity contribution is -0.133. The molecule has 4 heteroatoms. The maximum atomic E-state index is 10.0. The Morgan fingerprint density at radius 2 is 2.27 bits per heavy atom. The van der Waals surface area contributed by atoms with Gasteiger partial charge in [-0.3, -0.25) is 4.79 Å². The molecule has 0 bridgehead atoms. The van der Waals surface area contributed by atoms with Gasteiger partial charge in [-0.2, -0.15) is 0 Å². The lowest BCUT2D eigenvalue weighted by Gasteiger charge is -2.05. The van der Waals surface area contributed by atoms with Gasteiger partial charge in [0.2, 0.25) is 0 Å². The van der Waals surface area contributed by atoms with E-state index in [1.54, 1.807) is 0 Å². The van der Waals surface area contributed by atoms with Gasteiger partial charge >= 0.3 is 5.97 Å². The maximum absolute atomic E-state index is 10.0. The summed E-state index contributed by atoms with van der Waals surface area (Å²) < 4.78 is 5.21. The number of ether oxygens (including phenoxy) is 1. The van der Waals surface area contributed by atoms with Gasteiger partial charge in [0.25, 0.3) is 0 Å². The van der Waals surface area contributed by atoms with E-state index in [-0.39, 0.29) is 11.9 Å². The molecule has 0 saturated heterocycles. The molecule has 0 atom stereocenters. The van der Waals surface area contributed by atoms with Crippen molar-refractivity contribution in [1.29, 1.82) is 0 Å². The van der Waals surface area contributed by atoms with Crippen LogP contribution in [0.15, 0.2) is 0 Å². The van der Waals surface area contributed by atoms with Crippen LogP contribution in [0.3, 0.4) is 0 Å². The van der Waals surface area contributed by atoms with Crippen LogP contribution < -0.4 is 0 Å². The molecule has 0 spiro atoms. The third-order valence-electron chi connectivity index (χ3n) is 0.904. The van der Waals surface area contributed by atoms with Gasteiger partial charge in [-0.05, 0) is 13.8 Å². The number of thioether (sulfide) groups is 1. The minimum Gasteiger partial charge on any atom is -0.481 e. The summed E-state index contributed by atoms with van der Waals surface area (Å²) >= 11 is 1.38. The maximum Gasteiger partial charge on any atom is 0.313 e. The van der Waals surface area contributed by atoms with Crippen molar-refractivity contribution < 1.29 is 14.6 Å². The molecular weight excluding hydrogens is 164 g/mol. The molecular formula is C7H14O3S. The highest BCUT2D eigenvalue weighted by molar-refractivity contribution is 7.99. The molecule has 1 N–H and O–H groups in total. The van der Waals surface area contributed by atoms with Crippen LogP contribution in [0.1, 0.15) is 13.8 Å². The number of rotatable bonds is 6. The summed E-state index contributed by atoms with van der Waals surface area (Å²) in [7, 11) is 0. The van der Waals surface area contributed by atoms with Gasteiger partial charge in [0.1, 0.15) is 0 Å². The van der Waals surface area contributed by atoms with Crippen LogP contribution in [0.4, 0.5) is 0 Å². The Labute approximate surface area is 71.1 Å². The van der Waals surface area contributed by atoms with Gasteiger partial charge in [0.15, 0.2) is 0 Å². The first kappa shape index (κ1) is 10.8. The molecule has 11 heavy (non-hydrogen) atoms. The van der Waals surface area contributed by atoms with E-state index < -0.39 is 5.97 Å². The number of hydrogen-bond acceptors (Lipinski definition) is 3. The Morgan fingerprint density at radius 1 is 1.64 bits per heavy atom. The highest BCUT2D eigenvalue weighted by Gasteiger charge is 1.97. The Bertz CT molecular complexity index is 114. The number of carboxylic acids is 1. The van der Waals surface area contributed by atoms with Crippen LogP contribution in [0.25, 0.3) is 0 Å². The summed E-state index contributed by atoms with van der Waals surface area (Å²) in [4.78, 5) is 10.0. The first-order valence-corrected chi connectivity index (χ1v) is 4.69. The Morgan fingerprint density at radius 3 is 2.73 bits per heavy atom. The van der Waals surface area contributed by atoms with Crippen LogP contribution in [0.2, 0.25) is 0 Å². The Balaban J connectivity index is 2.97. The zero-order valence-electron chi connectivity index (χ0n) is 6.87.